The van der Waals surface area contributed by atoms with Crippen LogP contribution in [0.5, 0.6) is 0 Å². The van der Waals surface area contributed by atoms with Crippen LogP contribution in [0.4, 0.5) is 10.7 Å². The van der Waals surface area contributed by atoms with Crippen LogP contribution in [0.1, 0.15) is 5.56 Å². The Morgan fingerprint density at radius 2 is 2.21 bits per heavy atom. The molecule has 0 aliphatic heterocycles. The topological polar surface area (TPSA) is 69.2 Å². The van der Waals surface area contributed by atoms with Crippen LogP contribution in [0.2, 0.25) is 0 Å². The summed E-state index contributed by atoms with van der Waals surface area (Å²) in [5.41, 5.74) is 6.65. The van der Waals surface area contributed by atoms with Gasteiger partial charge in [-0.05, 0) is 18.6 Å². The first-order valence-electron chi connectivity index (χ1n) is 4.03. The number of benzene rings is 1. The third-order valence-corrected chi connectivity index (χ3v) is 3.25. The number of anilines is 1. The van der Waals surface area contributed by atoms with Gasteiger partial charge < -0.3 is 5.73 Å². The highest BCUT2D eigenvalue weighted by atomic mass is 32.1. The molecule has 0 saturated heterocycles. The largest absolute Gasteiger partial charge is 0.390 e. The molecule has 0 bridgehead atoms. The summed E-state index contributed by atoms with van der Waals surface area (Å²) in [4.78, 5) is 10.4. The first kappa shape index (κ1) is 8.96. The Hall–Kier alpha value is -1.62. The van der Waals surface area contributed by atoms with E-state index < -0.39 is 0 Å². The number of fused-ring (bicyclic) bond motifs is 1. The number of hydrogen-bond acceptors (Lipinski definition) is 4. The van der Waals surface area contributed by atoms with Crippen LogP contribution in [0.15, 0.2) is 18.2 Å². The van der Waals surface area contributed by atoms with E-state index in [1.165, 1.54) is 17.4 Å². The van der Waals surface area contributed by atoms with E-state index in [1.807, 2.05) is 6.07 Å². The van der Waals surface area contributed by atoms with Gasteiger partial charge in [0.2, 0.25) is 0 Å². The molecule has 0 aliphatic carbocycles. The van der Waals surface area contributed by atoms with Gasteiger partial charge in [-0.1, -0.05) is 6.07 Å². The average molecular weight is 208 g/mol. The summed E-state index contributed by atoms with van der Waals surface area (Å²) in [7, 11) is 0. The van der Waals surface area contributed by atoms with Crippen LogP contribution in [0, 0.1) is 17.0 Å². The second kappa shape index (κ2) is 2.95. The molecular formula is C9H8N2O2S. The van der Waals surface area contributed by atoms with Gasteiger partial charge in [-0.3, -0.25) is 10.1 Å². The van der Waals surface area contributed by atoms with Crippen molar-refractivity contribution in [2.75, 3.05) is 5.73 Å². The van der Waals surface area contributed by atoms with Crippen LogP contribution in [0.25, 0.3) is 10.1 Å². The van der Waals surface area contributed by atoms with Crippen molar-refractivity contribution in [2.24, 2.45) is 0 Å². The molecule has 0 atom stereocenters. The predicted octanol–water partition coefficient (Wildman–Crippen LogP) is 2.70. The van der Waals surface area contributed by atoms with Gasteiger partial charge in [-0.2, -0.15) is 0 Å². The average Bonchev–Trinajstić information content (AvgIpc) is 2.43. The molecule has 0 unspecified atom stereocenters. The van der Waals surface area contributed by atoms with Crippen molar-refractivity contribution in [3.05, 3.63) is 33.9 Å². The quantitative estimate of drug-likeness (QED) is 0.578. The Kier molecular flexibility index (Phi) is 1.89. The molecule has 72 valence electrons. The lowest BCUT2D eigenvalue weighted by molar-refractivity contribution is -0.383. The van der Waals surface area contributed by atoms with Crippen molar-refractivity contribution in [2.45, 2.75) is 6.92 Å². The molecule has 0 saturated carbocycles. The molecule has 0 spiro atoms. The van der Waals surface area contributed by atoms with Crippen LogP contribution >= 0.6 is 11.3 Å². The first-order valence-corrected chi connectivity index (χ1v) is 4.85. The molecule has 0 amide bonds. The lowest BCUT2D eigenvalue weighted by Gasteiger charge is -1.94. The van der Waals surface area contributed by atoms with Gasteiger partial charge in [0.1, 0.15) is 0 Å². The molecule has 0 fully saturated rings. The third-order valence-electron chi connectivity index (χ3n) is 2.17. The van der Waals surface area contributed by atoms with Crippen molar-refractivity contribution in [3.63, 3.8) is 0 Å². The maximum Gasteiger partial charge on any atom is 0.278 e. The van der Waals surface area contributed by atoms with E-state index >= 15 is 0 Å². The second-order valence-electron chi connectivity index (χ2n) is 3.00. The zero-order valence-electron chi connectivity index (χ0n) is 7.48. The number of nitrogen functional groups attached to an aromatic ring is 1. The number of nitrogens with zero attached hydrogens (tertiary/aromatic N) is 1. The van der Waals surface area contributed by atoms with Crippen molar-refractivity contribution >= 4 is 32.1 Å². The number of rotatable bonds is 1. The van der Waals surface area contributed by atoms with E-state index in [1.54, 1.807) is 13.0 Å². The molecule has 1 aromatic carbocycles. The van der Waals surface area contributed by atoms with Gasteiger partial charge in [-0.25, -0.2) is 0 Å². The van der Waals surface area contributed by atoms with Gasteiger partial charge in [0, 0.05) is 10.8 Å². The normalized spacial score (nSPS) is 10.6. The number of thiophene rings is 1. The van der Waals surface area contributed by atoms with Gasteiger partial charge in [0.15, 0.2) is 0 Å². The molecule has 0 radical (unpaired) electrons. The zero-order valence-corrected chi connectivity index (χ0v) is 8.30. The molecular weight excluding hydrogens is 200 g/mol. The number of non-ortho nitro benzene ring substituents is 1. The smallest absolute Gasteiger partial charge is 0.278 e. The summed E-state index contributed by atoms with van der Waals surface area (Å²) in [6.45, 7) is 1.81. The number of aryl methyl sites for hydroxylation is 1. The molecule has 4 nitrogen and oxygen atoms in total. The minimum atomic E-state index is -0.374. The standard InChI is InChI=1S/C9H8N2O2S/c1-5-8-6(11(12)13)3-2-4-7(8)14-9(5)10/h2-4H,10H2,1H3. The fourth-order valence-electron chi connectivity index (χ4n) is 1.45. The Labute approximate surface area is 84.1 Å². The van der Waals surface area contributed by atoms with Crippen LogP contribution in [-0.4, -0.2) is 4.92 Å². The van der Waals surface area contributed by atoms with Gasteiger partial charge >= 0.3 is 0 Å². The van der Waals surface area contributed by atoms with E-state index in [0.29, 0.717) is 10.4 Å². The van der Waals surface area contributed by atoms with E-state index in [2.05, 4.69) is 0 Å². The zero-order chi connectivity index (χ0) is 10.3. The molecule has 2 aromatic rings. The maximum absolute atomic E-state index is 10.7. The van der Waals surface area contributed by atoms with Crippen molar-refractivity contribution < 1.29 is 4.92 Å². The summed E-state index contributed by atoms with van der Waals surface area (Å²) >= 11 is 1.38. The van der Waals surface area contributed by atoms with Crippen molar-refractivity contribution in [1.29, 1.82) is 0 Å². The summed E-state index contributed by atoms with van der Waals surface area (Å²) in [5, 5.41) is 12.1. The van der Waals surface area contributed by atoms with Crippen molar-refractivity contribution in [3.8, 4) is 0 Å². The van der Waals surface area contributed by atoms with Crippen LogP contribution in [-0.2, 0) is 0 Å². The monoisotopic (exact) mass is 208 g/mol. The predicted molar refractivity (Wildman–Crippen MR) is 57.6 cm³/mol. The lowest BCUT2D eigenvalue weighted by Crippen LogP contribution is -1.89. The van der Waals surface area contributed by atoms with Crippen LogP contribution < -0.4 is 5.73 Å². The second-order valence-corrected chi connectivity index (χ2v) is 4.08. The Morgan fingerprint density at radius 3 is 2.86 bits per heavy atom. The fraction of sp³-hybridized carbons (Fsp3) is 0.111. The van der Waals surface area contributed by atoms with Crippen LogP contribution in [0.3, 0.4) is 0 Å². The van der Waals surface area contributed by atoms with Crippen molar-refractivity contribution in [1.82, 2.24) is 0 Å². The summed E-state index contributed by atoms with van der Waals surface area (Å²) in [5.74, 6) is 0. The summed E-state index contributed by atoms with van der Waals surface area (Å²) in [6, 6.07) is 5.02. The number of nitro groups is 1. The molecule has 1 aromatic heterocycles. The highest BCUT2D eigenvalue weighted by Gasteiger charge is 2.16. The highest BCUT2D eigenvalue weighted by molar-refractivity contribution is 7.23. The first-order chi connectivity index (χ1) is 6.61. The lowest BCUT2D eigenvalue weighted by atomic mass is 10.1. The molecule has 14 heavy (non-hydrogen) atoms. The van der Waals surface area contributed by atoms with Gasteiger partial charge in [0.05, 0.1) is 15.3 Å². The van der Waals surface area contributed by atoms with E-state index in [-0.39, 0.29) is 10.6 Å². The van der Waals surface area contributed by atoms with E-state index in [9.17, 15) is 10.1 Å². The minimum Gasteiger partial charge on any atom is -0.390 e. The van der Waals surface area contributed by atoms with E-state index in [0.717, 1.165) is 10.3 Å². The SMILES string of the molecule is Cc1c(N)sc2cccc([N+](=O)[O-])c12. The number of nitro benzene ring substituents is 1. The Morgan fingerprint density at radius 1 is 1.50 bits per heavy atom. The Bertz CT molecular complexity index is 519. The fourth-order valence-corrected chi connectivity index (χ4v) is 2.45. The van der Waals surface area contributed by atoms with E-state index in [4.69, 9.17) is 5.73 Å². The summed E-state index contributed by atoms with van der Waals surface area (Å²) < 4.78 is 0.870. The van der Waals surface area contributed by atoms with Gasteiger partial charge in [0.25, 0.3) is 5.69 Å². The third kappa shape index (κ3) is 1.13. The minimum absolute atomic E-state index is 0.132. The number of hydrogen-bond donors (Lipinski definition) is 1. The Balaban J connectivity index is 2.91. The molecule has 1 heterocycles. The van der Waals surface area contributed by atoms with Gasteiger partial charge in [-0.15, -0.1) is 11.3 Å². The molecule has 5 heteroatoms. The summed E-state index contributed by atoms with van der Waals surface area (Å²) in [6.07, 6.45) is 0. The molecule has 0 aliphatic rings. The highest BCUT2D eigenvalue weighted by Crippen LogP contribution is 2.37. The molecule has 2 rings (SSSR count). The molecule has 2 N–H and O–H groups in total. The number of nitrogens with two attached hydrogens (primary N) is 1. The maximum atomic E-state index is 10.7.